The smallest absolute Gasteiger partial charge is 0.272 e. The predicted molar refractivity (Wildman–Crippen MR) is 92.7 cm³/mol. The fourth-order valence-corrected chi connectivity index (χ4v) is 3.62. The first-order valence-corrected chi connectivity index (χ1v) is 9.02. The molecule has 0 radical (unpaired) electrons. The third-order valence-corrected chi connectivity index (χ3v) is 4.86. The molecule has 1 saturated carbocycles. The number of carbonyl (C=O) groups excluding carboxylic acids is 1. The van der Waals surface area contributed by atoms with Crippen LogP contribution in [0.5, 0.6) is 0 Å². The fourth-order valence-electron chi connectivity index (χ4n) is 3.62. The van der Waals surface area contributed by atoms with Crippen LogP contribution < -0.4 is 0 Å². The van der Waals surface area contributed by atoms with Crippen molar-refractivity contribution < 1.29 is 9.21 Å². The molecule has 0 saturated heterocycles. The zero-order valence-corrected chi connectivity index (χ0v) is 14.7. The number of furan rings is 1. The monoisotopic (exact) mass is 329 g/mol. The third-order valence-electron chi connectivity index (χ3n) is 4.86. The van der Waals surface area contributed by atoms with Crippen LogP contribution in [0.25, 0.3) is 0 Å². The van der Waals surface area contributed by atoms with Crippen LogP contribution in [0.2, 0.25) is 0 Å². The number of hydrogen-bond donors (Lipinski definition) is 0. The van der Waals surface area contributed by atoms with E-state index in [0.717, 1.165) is 17.8 Å². The molecule has 5 nitrogen and oxygen atoms in total. The predicted octanol–water partition coefficient (Wildman–Crippen LogP) is 4.03. The molecule has 2 aromatic heterocycles. The Bertz CT molecular complexity index is 654. The van der Waals surface area contributed by atoms with Crippen molar-refractivity contribution in [1.82, 2.24) is 14.7 Å². The van der Waals surface area contributed by atoms with E-state index in [2.05, 4.69) is 5.10 Å². The van der Waals surface area contributed by atoms with E-state index in [9.17, 15) is 4.79 Å². The Morgan fingerprint density at radius 2 is 2.17 bits per heavy atom. The van der Waals surface area contributed by atoms with Crippen LogP contribution in [0, 0.1) is 12.8 Å². The number of nitrogens with zero attached hydrogens (tertiary/aromatic N) is 3. The first kappa shape index (κ1) is 16.8. The lowest BCUT2D eigenvalue weighted by molar-refractivity contribution is 0.0686. The SMILES string of the molecule is CCn1nc(C)cc1C(=O)N(Cc1ccoc1)CC1CCCCC1. The van der Waals surface area contributed by atoms with E-state index in [4.69, 9.17) is 4.42 Å². The highest BCUT2D eigenvalue weighted by molar-refractivity contribution is 5.92. The van der Waals surface area contributed by atoms with Gasteiger partial charge in [-0.15, -0.1) is 0 Å². The molecule has 0 spiro atoms. The van der Waals surface area contributed by atoms with Crippen LogP contribution in [0.1, 0.15) is 60.8 Å². The van der Waals surface area contributed by atoms with Crippen LogP contribution in [-0.2, 0) is 13.1 Å². The quantitative estimate of drug-likeness (QED) is 0.804. The minimum Gasteiger partial charge on any atom is -0.472 e. The number of aromatic nitrogens is 2. The van der Waals surface area contributed by atoms with Gasteiger partial charge in [-0.05, 0) is 44.7 Å². The Hall–Kier alpha value is -2.04. The van der Waals surface area contributed by atoms with Gasteiger partial charge in [-0.25, -0.2) is 0 Å². The zero-order valence-electron chi connectivity index (χ0n) is 14.7. The molecule has 2 aromatic rings. The maximum Gasteiger partial charge on any atom is 0.272 e. The molecule has 0 atom stereocenters. The lowest BCUT2D eigenvalue weighted by atomic mass is 9.89. The molecule has 24 heavy (non-hydrogen) atoms. The second kappa shape index (κ2) is 7.69. The number of hydrogen-bond acceptors (Lipinski definition) is 3. The van der Waals surface area contributed by atoms with Crippen molar-refractivity contribution in [3.63, 3.8) is 0 Å². The van der Waals surface area contributed by atoms with Crippen molar-refractivity contribution in [2.24, 2.45) is 5.92 Å². The van der Waals surface area contributed by atoms with Crippen LogP contribution >= 0.6 is 0 Å². The molecule has 0 N–H and O–H groups in total. The van der Waals surface area contributed by atoms with Crippen molar-refractivity contribution in [2.75, 3.05) is 6.54 Å². The van der Waals surface area contributed by atoms with Crippen molar-refractivity contribution in [3.8, 4) is 0 Å². The molecule has 1 aliphatic rings. The number of aryl methyl sites for hydroxylation is 2. The highest BCUT2D eigenvalue weighted by Gasteiger charge is 2.25. The summed E-state index contributed by atoms with van der Waals surface area (Å²) in [5, 5.41) is 4.43. The van der Waals surface area contributed by atoms with Gasteiger partial charge in [0, 0.05) is 25.2 Å². The third kappa shape index (κ3) is 3.89. The molecule has 0 aromatic carbocycles. The van der Waals surface area contributed by atoms with Crippen molar-refractivity contribution in [1.29, 1.82) is 0 Å². The molecule has 130 valence electrons. The maximum atomic E-state index is 13.2. The Morgan fingerprint density at radius 1 is 1.38 bits per heavy atom. The molecule has 3 rings (SSSR count). The van der Waals surface area contributed by atoms with Gasteiger partial charge in [0.15, 0.2) is 0 Å². The van der Waals surface area contributed by atoms with Crippen molar-refractivity contribution in [2.45, 2.75) is 59.0 Å². The lowest BCUT2D eigenvalue weighted by Gasteiger charge is -2.29. The minimum atomic E-state index is 0.0734. The molecule has 2 heterocycles. The average molecular weight is 329 g/mol. The van der Waals surface area contributed by atoms with E-state index in [-0.39, 0.29) is 5.91 Å². The standard InChI is InChI=1S/C19H27N3O2/c1-3-22-18(11-15(2)20-22)19(23)21(13-17-9-10-24-14-17)12-16-7-5-4-6-8-16/h9-11,14,16H,3-8,12-13H2,1-2H3. The van der Waals surface area contributed by atoms with Gasteiger partial charge in [0.2, 0.25) is 0 Å². The van der Waals surface area contributed by atoms with Gasteiger partial charge >= 0.3 is 0 Å². The van der Waals surface area contributed by atoms with Crippen molar-refractivity contribution >= 4 is 5.91 Å². The topological polar surface area (TPSA) is 51.3 Å². The molecule has 5 heteroatoms. The first-order chi connectivity index (χ1) is 11.7. The second-order valence-corrected chi connectivity index (χ2v) is 6.81. The highest BCUT2D eigenvalue weighted by Crippen LogP contribution is 2.26. The van der Waals surface area contributed by atoms with Gasteiger partial charge in [0.1, 0.15) is 5.69 Å². The highest BCUT2D eigenvalue weighted by atomic mass is 16.3. The summed E-state index contributed by atoms with van der Waals surface area (Å²) in [4.78, 5) is 15.1. The summed E-state index contributed by atoms with van der Waals surface area (Å²) in [7, 11) is 0. The molecular weight excluding hydrogens is 302 g/mol. The molecule has 0 aliphatic heterocycles. The van der Waals surface area contributed by atoms with Crippen LogP contribution in [0.3, 0.4) is 0 Å². The van der Waals surface area contributed by atoms with E-state index in [1.807, 2.05) is 30.9 Å². The van der Waals surface area contributed by atoms with Crippen molar-refractivity contribution in [3.05, 3.63) is 41.6 Å². The Labute approximate surface area is 143 Å². The summed E-state index contributed by atoms with van der Waals surface area (Å²) in [6, 6.07) is 3.83. The van der Waals surface area contributed by atoms with E-state index in [1.54, 1.807) is 17.2 Å². The van der Waals surface area contributed by atoms with Crippen LogP contribution in [-0.4, -0.2) is 27.1 Å². The van der Waals surface area contributed by atoms with Gasteiger partial charge < -0.3 is 9.32 Å². The van der Waals surface area contributed by atoms with Gasteiger partial charge in [-0.3, -0.25) is 9.48 Å². The van der Waals surface area contributed by atoms with Crippen LogP contribution in [0.4, 0.5) is 0 Å². The Morgan fingerprint density at radius 3 is 2.83 bits per heavy atom. The van der Waals surface area contributed by atoms with Gasteiger partial charge in [-0.2, -0.15) is 5.10 Å². The second-order valence-electron chi connectivity index (χ2n) is 6.81. The normalized spacial score (nSPS) is 15.6. The molecule has 1 fully saturated rings. The van der Waals surface area contributed by atoms with Gasteiger partial charge in [0.25, 0.3) is 5.91 Å². The van der Waals surface area contributed by atoms with Crippen LogP contribution in [0.15, 0.2) is 29.1 Å². The fraction of sp³-hybridized carbons (Fsp3) is 0.579. The maximum absolute atomic E-state index is 13.2. The largest absolute Gasteiger partial charge is 0.472 e. The summed E-state index contributed by atoms with van der Waals surface area (Å²) in [5.41, 5.74) is 2.62. The van der Waals surface area contributed by atoms with Gasteiger partial charge in [0.05, 0.1) is 18.2 Å². The summed E-state index contributed by atoms with van der Waals surface area (Å²) >= 11 is 0. The Balaban J connectivity index is 1.80. The van der Waals surface area contributed by atoms with E-state index >= 15 is 0 Å². The first-order valence-electron chi connectivity index (χ1n) is 9.02. The zero-order chi connectivity index (χ0) is 16.9. The number of carbonyl (C=O) groups is 1. The lowest BCUT2D eigenvalue weighted by Crippen LogP contribution is -2.36. The molecule has 0 bridgehead atoms. The molecule has 0 unspecified atom stereocenters. The van der Waals surface area contributed by atoms with E-state index in [0.29, 0.717) is 24.7 Å². The summed E-state index contributed by atoms with van der Waals surface area (Å²) < 4.78 is 6.99. The molecular formula is C19H27N3O2. The van der Waals surface area contributed by atoms with E-state index in [1.165, 1.54) is 32.1 Å². The molecule has 1 amide bonds. The number of rotatable bonds is 6. The number of amides is 1. The molecule has 1 aliphatic carbocycles. The summed E-state index contributed by atoms with van der Waals surface area (Å²) in [6.45, 7) is 6.07. The minimum absolute atomic E-state index is 0.0734. The summed E-state index contributed by atoms with van der Waals surface area (Å²) in [5.74, 6) is 0.679. The Kier molecular flexibility index (Phi) is 5.38. The van der Waals surface area contributed by atoms with Gasteiger partial charge in [-0.1, -0.05) is 19.3 Å². The summed E-state index contributed by atoms with van der Waals surface area (Å²) in [6.07, 6.45) is 9.73. The average Bonchev–Trinajstić information content (AvgIpc) is 3.23. The van der Waals surface area contributed by atoms with E-state index < -0.39 is 0 Å².